The fourth-order valence-corrected chi connectivity index (χ4v) is 3.28. The first-order chi connectivity index (χ1) is 6.69. The van der Waals surface area contributed by atoms with E-state index in [0.717, 1.165) is 18.6 Å². The van der Waals surface area contributed by atoms with Crippen molar-refractivity contribution in [2.24, 2.45) is 4.99 Å². The Kier molecular flexibility index (Phi) is 2.43. The number of nitrogens with zero attached hydrogens (tertiary/aromatic N) is 1. The van der Waals surface area contributed by atoms with Gasteiger partial charge in [-0.25, -0.2) is 0 Å². The molecule has 2 saturated heterocycles. The molecule has 2 aliphatic rings. The molecule has 78 valence electrons. The van der Waals surface area contributed by atoms with Gasteiger partial charge >= 0.3 is 0 Å². The molecule has 2 aliphatic heterocycles. The Morgan fingerprint density at radius 1 is 1.64 bits per heavy atom. The summed E-state index contributed by atoms with van der Waals surface area (Å²) in [5.41, 5.74) is -0.405. The van der Waals surface area contributed by atoms with E-state index < -0.39 is 5.54 Å². The number of aliphatic imine (C=N–C) groups is 1. The van der Waals surface area contributed by atoms with Crippen LogP contribution in [0.2, 0.25) is 0 Å². The maximum atomic E-state index is 11.9. The summed E-state index contributed by atoms with van der Waals surface area (Å²) in [4.78, 5) is 15.8. The van der Waals surface area contributed by atoms with Gasteiger partial charge < -0.3 is 5.32 Å². The minimum absolute atomic E-state index is 0.0813. The van der Waals surface area contributed by atoms with Crippen LogP contribution in [0.4, 0.5) is 0 Å². The Morgan fingerprint density at radius 3 is 3.00 bits per heavy atom. The zero-order valence-corrected chi connectivity index (χ0v) is 9.28. The van der Waals surface area contributed by atoms with E-state index in [-0.39, 0.29) is 5.91 Å². The normalized spacial score (nSPS) is 40.0. The molecule has 1 amide bonds. The van der Waals surface area contributed by atoms with Gasteiger partial charge in [0.1, 0.15) is 5.54 Å². The quantitative estimate of drug-likeness (QED) is 0.610. The molecule has 14 heavy (non-hydrogen) atoms. The van der Waals surface area contributed by atoms with Crippen LogP contribution in [-0.2, 0) is 4.79 Å². The van der Waals surface area contributed by atoms with Crippen molar-refractivity contribution in [1.29, 1.82) is 0 Å². The number of thioether (sulfide) groups is 1. The zero-order valence-electron chi connectivity index (χ0n) is 8.46. The molecule has 0 bridgehead atoms. The average Bonchev–Trinajstić information content (AvgIpc) is 2.50. The van der Waals surface area contributed by atoms with Crippen LogP contribution in [-0.4, -0.2) is 35.5 Å². The van der Waals surface area contributed by atoms with Gasteiger partial charge in [0.2, 0.25) is 0 Å². The molecule has 0 aromatic carbocycles. The second kappa shape index (κ2) is 3.46. The molecule has 2 heterocycles. The van der Waals surface area contributed by atoms with Crippen LogP contribution in [0.15, 0.2) is 4.99 Å². The van der Waals surface area contributed by atoms with E-state index in [1.807, 2.05) is 11.8 Å². The molecule has 0 radical (unpaired) electrons. The van der Waals surface area contributed by atoms with Crippen LogP contribution >= 0.6 is 11.8 Å². The third kappa shape index (κ3) is 1.30. The lowest BCUT2D eigenvalue weighted by atomic mass is 9.90. The van der Waals surface area contributed by atoms with Gasteiger partial charge in [0.25, 0.3) is 5.91 Å². The predicted octanol–water partition coefficient (Wildman–Crippen LogP) is 0.346. The summed E-state index contributed by atoms with van der Waals surface area (Å²) in [6.45, 7) is 2.11. The van der Waals surface area contributed by atoms with E-state index in [2.05, 4.69) is 22.5 Å². The van der Waals surface area contributed by atoms with Crippen LogP contribution in [0.3, 0.4) is 0 Å². The van der Waals surface area contributed by atoms with Crippen molar-refractivity contribution < 1.29 is 4.79 Å². The first-order valence-corrected chi connectivity index (χ1v) is 5.92. The molecular formula is C9H15N3OS. The maximum absolute atomic E-state index is 11.9. The number of hydrogen-bond donors (Lipinski definition) is 2. The molecule has 5 heteroatoms. The number of nitrogens with one attached hydrogen (secondary N) is 2. The van der Waals surface area contributed by atoms with Gasteiger partial charge in [0.05, 0.1) is 0 Å². The lowest BCUT2D eigenvalue weighted by Gasteiger charge is -2.36. The first-order valence-electron chi connectivity index (χ1n) is 4.87. The minimum Gasteiger partial charge on any atom is -0.341 e. The van der Waals surface area contributed by atoms with Gasteiger partial charge in [-0.2, -0.15) is 11.8 Å². The summed E-state index contributed by atoms with van der Waals surface area (Å²) in [6, 6.07) is 0. The molecule has 0 aliphatic carbocycles. The fourth-order valence-electron chi connectivity index (χ4n) is 2.05. The summed E-state index contributed by atoms with van der Waals surface area (Å²) in [5, 5.41) is 6.32. The summed E-state index contributed by atoms with van der Waals surface area (Å²) < 4.78 is 0. The zero-order chi connectivity index (χ0) is 10.2. The second-order valence-corrected chi connectivity index (χ2v) is 5.19. The summed E-state index contributed by atoms with van der Waals surface area (Å²) in [7, 11) is 1.68. The fraction of sp³-hybridized carbons (Fsp3) is 0.778. The van der Waals surface area contributed by atoms with Crippen molar-refractivity contribution >= 4 is 23.6 Å². The molecular weight excluding hydrogens is 198 g/mol. The monoisotopic (exact) mass is 213 g/mol. The van der Waals surface area contributed by atoms with E-state index in [4.69, 9.17) is 0 Å². The summed E-state index contributed by atoms with van der Waals surface area (Å²) >= 11 is 1.85. The molecule has 0 aromatic heterocycles. The van der Waals surface area contributed by atoms with Crippen molar-refractivity contribution in [1.82, 2.24) is 10.6 Å². The van der Waals surface area contributed by atoms with Crippen LogP contribution in [0.25, 0.3) is 0 Å². The van der Waals surface area contributed by atoms with Crippen LogP contribution < -0.4 is 10.6 Å². The van der Waals surface area contributed by atoms with Gasteiger partial charge in [-0.15, -0.1) is 0 Å². The lowest BCUT2D eigenvalue weighted by molar-refractivity contribution is -0.124. The Balaban J connectivity index is 2.26. The van der Waals surface area contributed by atoms with Crippen LogP contribution in [0, 0.1) is 0 Å². The topological polar surface area (TPSA) is 53.5 Å². The van der Waals surface area contributed by atoms with Gasteiger partial charge in [-0.1, -0.05) is 6.92 Å². The molecule has 2 fully saturated rings. The Bertz CT molecular complexity index is 292. The third-order valence-electron chi connectivity index (χ3n) is 2.98. The largest absolute Gasteiger partial charge is 0.341 e. The van der Waals surface area contributed by atoms with Crippen molar-refractivity contribution in [2.45, 2.75) is 30.6 Å². The maximum Gasteiger partial charge on any atom is 0.253 e. The summed E-state index contributed by atoms with van der Waals surface area (Å²) in [6.07, 6.45) is 2.00. The predicted molar refractivity (Wildman–Crippen MR) is 58.5 cm³/mol. The van der Waals surface area contributed by atoms with Crippen LogP contribution in [0.1, 0.15) is 19.8 Å². The molecule has 2 N–H and O–H groups in total. The number of rotatable bonds is 0. The number of carbonyl (C=O) groups excluding carboxylic acids is 1. The Hall–Kier alpha value is -0.710. The van der Waals surface area contributed by atoms with Crippen molar-refractivity contribution in [3.63, 3.8) is 0 Å². The highest BCUT2D eigenvalue weighted by Crippen LogP contribution is 2.35. The number of carbonyl (C=O) groups is 1. The van der Waals surface area contributed by atoms with Gasteiger partial charge in [0, 0.05) is 12.3 Å². The Labute approximate surface area is 87.9 Å². The SMILES string of the molecule is CN=C1NC(=O)C2(CCCSC2C)N1. The van der Waals surface area contributed by atoms with E-state index >= 15 is 0 Å². The minimum atomic E-state index is -0.405. The Morgan fingerprint density at radius 2 is 2.43 bits per heavy atom. The van der Waals surface area contributed by atoms with Gasteiger partial charge in [0.15, 0.2) is 5.96 Å². The first kappa shape index (κ1) is 9.83. The highest BCUT2D eigenvalue weighted by molar-refractivity contribution is 8.00. The second-order valence-electron chi connectivity index (χ2n) is 3.74. The third-order valence-corrected chi connectivity index (χ3v) is 4.41. The average molecular weight is 213 g/mol. The van der Waals surface area contributed by atoms with Crippen LogP contribution in [0.5, 0.6) is 0 Å². The molecule has 0 saturated carbocycles. The highest BCUT2D eigenvalue weighted by Gasteiger charge is 2.50. The lowest BCUT2D eigenvalue weighted by Crippen LogP contribution is -2.55. The van der Waals surface area contributed by atoms with Crippen molar-refractivity contribution in [3.05, 3.63) is 0 Å². The van der Waals surface area contributed by atoms with Crippen molar-refractivity contribution in [3.8, 4) is 0 Å². The van der Waals surface area contributed by atoms with Crippen molar-refractivity contribution in [2.75, 3.05) is 12.8 Å². The molecule has 2 unspecified atom stereocenters. The van der Waals surface area contributed by atoms with E-state index in [9.17, 15) is 4.79 Å². The van der Waals surface area contributed by atoms with E-state index in [0.29, 0.717) is 11.2 Å². The molecule has 1 spiro atoms. The molecule has 2 atom stereocenters. The molecule has 2 rings (SSSR count). The molecule has 0 aromatic rings. The molecule has 4 nitrogen and oxygen atoms in total. The smallest absolute Gasteiger partial charge is 0.253 e. The summed E-state index contributed by atoms with van der Waals surface area (Å²) in [5.74, 6) is 1.85. The highest BCUT2D eigenvalue weighted by atomic mass is 32.2. The standard InChI is InChI=1S/C9H15N3OS/c1-6-9(4-3-5-14-6)7(13)11-8(10-2)12-9/h6H,3-5H2,1-2H3,(H2,10,11,12,13). The van der Waals surface area contributed by atoms with Gasteiger partial charge in [-0.3, -0.25) is 15.1 Å². The van der Waals surface area contributed by atoms with Gasteiger partial charge in [-0.05, 0) is 18.6 Å². The number of guanidine groups is 1. The number of amides is 1. The number of hydrogen-bond acceptors (Lipinski definition) is 3. The van der Waals surface area contributed by atoms with E-state index in [1.165, 1.54) is 0 Å². The van der Waals surface area contributed by atoms with E-state index in [1.54, 1.807) is 7.05 Å².